The number of aryl methyl sites for hydroxylation is 1. The second-order valence-corrected chi connectivity index (χ2v) is 4.65. The van der Waals surface area contributed by atoms with E-state index in [1.165, 1.54) is 24.1 Å². The molecule has 0 radical (unpaired) electrons. The number of nitrogens with one attached hydrogen (secondary N) is 1. The molecule has 0 fully saturated rings. The highest BCUT2D eigenvalue weighted by Crippen LogP contribution is 2.29. The van der Waals surface area contributed by atoms with Crippen LogP contribution in [0, 0.1) is 17.2 Å². The smallest absolute Gasteiger partial charge is 0.144 e. The zero-order valence-electron chi connectivity index (χ0n) is 10.6. The number of fused-ring (bicyclic) bond motifs is 1. The summed E-state index contributed by atoms with van der Waals surface area (Å²) in [5.74, 6) is 1.52. The summed E-state index contributed by atoms with van der Waals surface area (Å²) in [5.41, 5.74) is 3.15. The third kappa shape index (κ3) is 2.41. The molecule has 90 valence electrons. The van der Waals surface area contributed by atoms with Crippen molar-refractivity contribution in [1.82, 2.24) is 4.98 Å². The van der Waals surface area contributed by atoms with Crippen molar-refractivity contribution in [3.8, 4) is 6.07 Å². The number of hydrogen-bond donors (Lipinski definition) is 1. The van der Waals surface area contributed by atoms with Crippen molar-refractivity contribution in [1.29, 1.82) is 5.26 Å². The first-order chi connectivity index (χ1) is 8.28. The van der Waals surface area contributed by atoms with Crippen molar-refractivity contribution < 1.29 is 0 Å². The van der Waals surface area contributed by atoms with Gasteiger partial charge < -0.3 is 5.32 Å². The van der Waals surface area contributed by atoms with Gasteiger partial charge >= 0.3 is 0 Å². The molecule has 17 heavy (non-hydrogen) atoms. The van der Waals surface area contributed by atoms with Gasteiger partial charge in [-0.3, -0.25) is 0 Å². The van der Waals surface area contributed by atoms with Crippen molar-refractivity contribution in [3.05, 3.63) is 22.9 Å². The molecule has 0 aliphatic heterocycles. The summed E-state index contributed by atoms with van der Waals surface area (Å²) in [6, 6.07) is 4.27. The first-order valence-electron chi connectivity index (χ1n) is 6.45. The Morgan fingerprint density at radius 3 is 3.00 bits per heavy atom. The van der Waals surface area contributed by atoms with Crippen LogP contribution < -0.4 is 5.32 Å². The van der Waals surface area contributed by atoms with Crippen LogP contribution in [-0.2, 0) is 12.8 Å². The minimum absolute atomic E-state index is 0.683. The van der Waals surface area contributed by atoms with Gasteiger partial charge in [-0.25, -0.2) is 4.98 Å². The summed E-state index contributed by atoms with van der Waals surface area (Å²) in [6.07, 6.45) is 4.59. The van der Waals surface area contributed by atoms with Gasteiger partial charge in [-0.05, 0) is 43.7 Å². The summed E-state index contributed by atoms with van der Waals surface area (Å²) < 4.78 is 0. The largest absolute Gasteiger partial charge is 0.369 e. The summed E-state index contributed by atoms with van der Waals surface area (Å²) in [4.78, 5) is 4.61. The Morgan fingerprint density at radius 1 is 1.53 bits per heavy atom. The molecule has 1 atom stereocenters. The maximum Gasteiger partial charge on any atom is 0.144 e. The summed E-state index contributed by atoms with van der Waals surface area (Å²) in [7, 11) is 0. The maximum absolute atomic E-state index is 9.14. The van der Waals surface area contributed by atoms with E-state index in [1.54, 1.807) is 0 Å². The van der Waals surface area contributed by atoms with Crippen LogP contribution in [-0.4, -0.2) is 11.5 Å². The molecule has 1 aromatic heterocycles. The predicted octanol–water partition coefficient (Wildman–Crippen LogP) is 2.90. The highest BCUT2D eigenvalue weighted by molar-refractivity contribution is 5.54. The van der Waals surface area contributed by atoms with Gasteiger partial charge in [0.1, 0.15) is 11.9 Å². The highest BCUT2D eigenvalue weighted by atomic mass is 15.0. The second kappa shape index (κ2) is 5.18. The molecule has 0 saturated carbocycles. The number of nitriles is 1. The van der Waals surface area contributed by atoms with E-state index in [-0.39, 0.29) is 0 Å². The molecule has 2 rings (SSSR count). The number of rotatable bonds is 3. The van der Waals surface area contributed by atoms with Crippen LogP contribution in [0.3, 0.4) is 0 Å². The molecule has 1 N–H and O–H groups in total. The number of nitrogens with zero attached hydrogens (tertiary/aromatic N) is 2. The van der Waals surface area contributed by atoms with Crippen LogP contribution in [0.2, 0.25) is 0 Å². The van der Waals surface area contributed by atoms with E-state index < -0.39 is 0 Å². The summed E-state index contributed by atoms with van der Waals surface area (Å²) in [5, 5.41) is 12.3. The van der Waals surface area contributed by atoms with Crippen molar-refractivity contribution in [2.24, 2.45) is 5.92 Å². The number of pyridine rings is 1. The third-order valence-electron chi connectivity index (χ3n) is 3.53. The first-order valence-corrected chi connectivity index (χ1v) is 6.45. The van der Waals surface area contributed by atoms with Gasteiger partial charge in [0, 0.05) is 12.2 Å². The molecule has 3 heteroatoms. The van der Waals surface area contributed by atoms with Gasteiger partial charge in [-0.1, -0.05) is 13.3 Å². The van der Waals surface area contributed by atoms with Crippen molar-refractivity contribution in [3.63, 3.8) is 0 Å². The second-order valence-electron chi connectivity index (χ2n) is 4.65. The SMILES string of the molecule is CCNc1nc2c(cc1C#N)CC(CC)CC2. The molecule has 0 amide bonds. The maximum atomic E-state index is 9.14. The molecule has 1 aromatic rings. The van der Waals surface area contributed by atoms with Gasteiger partial charge in [-0.2, -0.15) is 5.26 Å². The van der Waals surface area contributed by atoms with Gasteiger partial charge in [0.15, 0.2) is 0 Å². The molecular weight excluding hydrogens is 210 g/mol. The standard InChI is InChI=1S/C14H19N3/c1-3-10-5-6-13-11(7-10)8-12(9-15)14(17-13)16-4-2/h8,10H,3-7H2,1-2H3,(H,16,17). The third-order valence-corrected chi connectivity index (χ3v) is 3.53. The molecule has 3 nitrogen and oxygen atoms in total. The Kier molecular flexibility index (Phi) is 3.63. The monoisotopic (exact) mass is 229 g/mol. The lowest BCUT2D eigenvalue weighted by atomic mass is 9.84. The minimum atomic E-state index is 0.683. The van der Waals surface area contributed by atoms with Crippen LogP contribution in [0.15, 0.2) is 6.07 Å². The quantitative estimate of drug-likeness (QED) is 0.867. The number of aromatic nitrogens is 1. The zero-order valence-corrected chi connectivity index (χ0v) is 10.6. The van der Waals surface area contributed by atoms with Crippen molar-refractivity contribution in [2.75, 3.05) is 11.9 Å². The van der Waals surface area contributed by atoms with E-state index in [2.05, 4.69) is 23.3 Å². The van der Waals surface area contributed by atoms with E-state index in [4.69, 9.17) is 5.26 Å². The molecule has 1 unspecified atom stereocenters. The van der Waals surface area contributed by atoms with E-state index in [9.17, 15) is 0 Å². The molecule has 1 aliphatic rings. The topological polar surface area (TPSA) is 48.7 Å². The summed E-state index contributed by atoms with van der Waals surface area (Å²) in [6.45, 7) is 5.06. The number of hydrogen-bond acceptors (Lipinski definition) is 3. The lowest BCUT2D eigenvalue weighted by Gasteiger charge is -2.23. The molecule has 1 aliphatic carbocycles. The van der Waals surface area contributed by atoms with Gasteiger partial charge in [-0.15, -0.1) is 0 Å². The van der Waals surface area contributed by atoms with E-state index in [0.29, 0.717) is 5.56 Å². The predicted molar refractivity (Wildman–Crippen MR) is 68.9 cm³/mol. The molecule has 0 spiro atoms. The molecule has 0 saturated heterocycles. The van der Waals surface area contributed by atoms with E-state index >= 15 is 0 Å². The minimum Gasteiger partial charge on any atom is -0.369 e. The Balaban J connectivity index is 2.35. The first kappa shape index (κ1) is 11.9. The normalized spacial score (nSPS) is 18.3. The van der Waals surface area contributed by atoms with Gasteiger partial charge in [0.05, 0.1) is 5.56 Å². The summed E-state index contributed by atoms with van der Waals surface area (Å²) >= 11 is 0. The van der Waals surface area contributed by atoms with E-state index in [0.717, 1.165) is 31.1 Å². The van der Waals surface area contributed by atoms with Crippen molar-refractivity contribution >= 4 is 5.82 Å². The van der Waals surface area contributed by atoms with Crippen LogP contribution >= 0.6 is 0 Å². The highest BCUT2D eigenvalue weighted by Gasteiger charge is 2.20. The molecule has 1 heterocycles. The molecule has 0 aromatic carbocycles. The van der Waals surface area contributed by atoms with Gasteiger partial charge in [0.2, 0.25) is 0 Å². The van der Waals surface area contributed by atoms with Crippen LogP contribution in [0.25, 0.3) is 0 Å². The fraction of sp³-hybridized carbons (Fsp3) is 0.571. The average Bonchev–Trinajstić information content (AvgIpc) is 2.37. The fourth-order valence-corrected chi connectivity index (χ4v) is 2.48. The molecular formula is C14H19N3. The fourth-order valence-electron chi connectivity index (χ4n) is 2.48. The molecule has 0 bridgehead atoms. The average molecular weight is 229 g/mol. The van der Waals surface area contributed by atoms with Crippen molar-refractivity contribution in [2.45, 2.75) is 39.5 Å². The van der Waals surface area contributed by atoms with E-state index in [1.807, 2.05) is 13.0 Å². The Hall–Kier alpha value is -1.56. The van der Waals surface area contributed by atoms with Gasteiger partial charge in [0.25, 0.3) is 0 Å². The zero-order chi connectivity index (χ0) is 12.3. The number of anilines is 1. The van der Waals surface area contributed by atoms with Crippen LogP contribution in [0.1, 0.15) is 43.5 Å². The Bertz CT molecular complexity index is 446. The Labute approximate surface area is 103 Å². The van der Waals surface area contributed by atoms with Crippen LogP contribution in [0.4, 0.5) is 5.82 Å². The van der Waals surface area contributed by atoms with Crippen LogP contribution in [0.5, 0.6) is 0 Å². The Morgan fingerprint density at radius 2 is 2.35 bits per heavy atom. The lowest BCUT2D eigenvalue weighted by Crippen LogP contribution is -2.16. The lowest BCUT2D eigenvalue weighted by molar-refractivity contribution is 0.440.